The summed E-state index contributed by atoms with van der Waals surface area (Å²) in [5.41, 5.74) is 1.23. The van der Waals surface area contributed by atoms with Gasteiger partial charge in [-0.1, -0.05) is 0 Å². The topological polar surface area (TPSA) is 16.1 Å². The first kappa shape index (κ1) is 8.20. The van der Waals surface area contributed by atoms with Gasteiger partial charge in [-0.05, 0) is 26.9 Å². The molecule has 0 unspecified atom stereocenters. The first-order chi connectivity index (χ1) is 5.75. The molecular formula is C9H14N2S. The van der Waals surface area contributed by atoms with Gasteiger partial charge in [0, 0.05) is 17.8 Å². The summed E-state index contributed by atoms with van der Waals surface area (Å²) in [6.45, 7) is 0.975. The van der Waals surface area contributed by atoms with E-state index in [1.54, 1.807) is 0 Å². The summed E-state index contributed by atoms with van der Waals surface area (Å²) in [6.07, 6.45) is 2.71. The lowest BCUT2D eigenvalue weighted by Crippen LogP contribution is -2.10. The van der Waals surface area contributed by atoms with Gasteiger partial charge in [-0.2, -0.15) is 0 Å². The fourth-order valence-electron chi connectivity index (χ4n) is 1.24. The SMILES string of the molecule is CN(C)Cc1csc(C2CC2)n1. The third kappa shape index (κ3) is 1.84. The lowest BCUT2D eigenvalue weighted by Gasteiger charge is -2.05. The van der Waals surface area contributed by atoms with Crippen molar-refractivity contribution in [2.75, 3.05) is 14.1 Å². The van der Waals surface area contributed by atoms with Crippen molar-refractivity contribution in [3.63, 3.8) is 0 Å². The van der Waals surface area contributed by atoms with Crippen LogP contribution in [0.2, 0.25) is 0 Å². The summed E-state index contributed by atoms with van der Waals surface area (Å²) in [6, 6.07) is 0. The maximum absolute atomic E-state index is 4.59. The van der Waals surface area contributed by atoms with E-state index in [0.717, 1.165) is 12.5 Å². The molecule has 1 aromatic heterocycles. The molecule has 2 rings (SSSR count). The lowest BCUT2D eigenvalue weighted by molar-refractivity contribution is 0.397. The van der Waals surface area contributed by atoms with Gasteiger partial charge in [0.05, 0.1) is 10.7 Å². The Kier molecular flexibility index (Phi) is 2.15. The van der Waals surface area contributed by atoms with E-state index in [-0.39, 0.29) is 0 Å². The second kappa shape index (κ2) is 3.15. The van der Waals surface area contributed by atoms with Gasteiger partial charge >= 0.3 is 0 Å². The van der Waals surface area contributed by atoms with E-state index in [1.807, 2.05) is 11.3 Å². The van der Waals surface area contributed by atoms with E-state index in [1.165, 1.54) is 23.5 Å². The molecule has 1 aromatic rings. The molecule has 1 fully saturated rings. The predicted octanol–water partition coefficient (Wildman–Crippen LogP) is 2.08. The summed E-state index contributed by atoms with van der Waals surface area (Å²) in [5, 5.41) is 3.54. The van der Waals surface area contributed by atoms with E-state index >= 15 is 0 Å². The molecule has 12 heavy (non-hydrogen) atoms. The zero-order valence-corrected chi connectivity index (χ0v) is 8.40. The molecule has 0 aliphatic heterocycles. The zero-order chi connectivity index (χ0) is 8.55. The smallest absolute Gasteiger partial charge is 0.0959 e. The van der Waals surface area contributed by atoms with E-state index in [0.29, 0.717) is 0 Å². The van der Waals surface area contributed by atoms with Crippen LogP contribution in [0.1, 0.15) is 29.5 Å². The van der Waals surface area contributed by atoms with Crippen molar-refractivity contribution in [3.8, 4) is 0 Å². The van der Waals surface area contributed by atoms with Crippen LogP contribution in [0.15, 0.2) is 5.38 Å². The summed E-state index contributed by atoms with van der Waals surface area (Å²) in [5.74, 6) is 0.811. The highest BCUT2D eigenvalue weighted by Gasteiger charge is 2.26. The Morgan fingerprint density at radius 2 is 2.33 bits per heavy atom. The van der Waals surface area contributed by atoms with Crippen LogP contribution in [-0.4, -0.2) is 24.0 Å². The normalized spacial score (nSPS) is 17.2. The Balaban J connectivity index is 2.03. The van der Waals surface area contributed by atoms with Crippen LogP contribution in [0.5, 0.6) is 0 Å². The standard InChI is InChI=1S/C9H14N2S/c1-11(2)5-8-6-12-9(10-8)7-3-4-7/h6-7H,3-5H2,1-2H3. The number of rotatable bonds is 3. The minimum absolute atomic E-state index is 0.811. The molecule has 0 aromatic carbocycles. The van der Waals surface area contributed by atoms with Crippen LogP contribution in [0.4, 0.5) is 0 Å². The Bertz CT molecular complexity index is 263. The van der Waals surface area contributed by atoms with Crippen LogP contribution in [0.25, 0.3) is 0 Å². The molecule has 0 spiro atoms. The molecule has 0 N–H and O–H groups in total. The van der Waals surface area contributed by atoms with E-state index < -0.39 is 0 Å². The Morgan fingerprint density at radius 3 is 2.92 bits per heavy atom. The largest absolute Gasteiger partial charge is 0.304 e. The number of aromatic nitrogens is 1. The van der Waals surface area contributed by atoms with Crippen molar-refractivity contribution >= 4 is 11.3 Å². The van der Waals surface area contributed by atoms with Crippen LogP contribution in [0, 0.1) is 0 Å². The fraction of sp³-hybridized carbons (Fsp3) is 0.667. The summed E-state index contributed by atoms with van der Waals surface area (Å²) < 4.78 is 0. The molecular weight excluding hydrogens is 168 g/mol. The van der Waals surface area contributed by atoms with Crippen molar-refractivity contribution in [3.05, 3.63) is 16.1 Å². The average molecular weight is 182 g/mol. The van der Waals surface area contributed by atoms with Crippen molar-refractivity contribution in [1.29, 1.82) is 0 Å². The molecule has 1 aliphatic rings. The molecule has 0 bridgehead atoms. The van der Waals surface area contributed by atoms with Crippen LogP contribution in [-0.2, 0) is 6.54 Å². The first-order valence-electron chi connectivity index (χ1n) is 4.35. The zero-order valence-electron chi connectivity index (χ0n) is 7.58. The molecule has 1 aliphatic carbocycles. The van der Waals surface area contributed by atoms with Crippen molar-refractivity contribution in [1.82, 2.24) is 9.88 Å². The summed E-state index contributed by atoms with van der Waals surface area (Å²) in [7, 11) is 4.16. The van der Waals surface area contributed by atoms with Crippen molar-refractivity contribution in [2.45, 2.75) is 25.3 Å². The molecule has 1 heterocycles. The van der Waals surface area contributed by atoms with Gasteiger partial charge in [0.25, 0.3) is 0 Å². The highest BCUT2D eigenvalue weighted by molar-refractivity contribution is 7.09. The van der Waals surface area contributed by atoms with E-state index in [4.69, 9.17) is 0 Å². The minimum atomic E-state index is 0.811. The number of hydrogen-bond donors (Lipinski definition) is 0. The maximum atomic E-state index is 4.59. The van der Waals surface area contributed by atoms with E-state index in [2.05, 4.69) is 29.4 Å². The van der Waals surface area contributed by atoms with Gasteiger partial charge in [-0.25, -0.2) is 4.98 Å². The molecule has 66 valence electrons. The molecule has 0 atom stereocenters. The summed E-state index contributed by atoms with van der Waals surface area (Å²) in [4.78, 5) is 6.75. The highest BCUT2D eigenvalue weighted by atomic mass is 32.1. The van der Waals surface area contributed by atoms with Gasteiger partial charge < -0.3 is 4.90 Å². The van der Waals surface area contributed by atoms with Crippen LogP contribution in [0.3, 0.4) is 0 Å². The molecule has 1 saturated carbocycles. The van der Waals surface area contributed by atoms with Gasteiger partial charge in [0.2, 0.25) is 0 Å². The average Bonchev–Trinajstić information content (AvgIpc) is 2.73. The lowest BCUT2D eigenvalue weighted by atomic mass is 10.4. The number of thiazole rings is 1. The molecule has 0 saturated heterocycles. The van der Waals surface area contributed by atoms with E-state index in [9.17, 15) is 0 Å². The highest BCUT2D eigenvalue weighted by Crippen LogP contribution is 2.41. The third-order valence-corrected chi connectivity index (χ3v) is 3.03. The van der Waals surface area contributed by atoms with Gasteiger partial charge in [0.15, 0.2) is 0 Å². The molecule has 0 amide bonds. The quantitative estimate of drug-likeness (QED) is 0.711. The Labute approximate surface area is 77.2 Å². The monoisotopic (exact) mass is 182 g/mol. The van der Waals surface area contributed by atoms with Crippen molar-refractivity contribution < 1.29 is 0 Å². The third-order valence-electron chi connectivity index (χ3n) is 1.97. The minimum Gasteiger partial charge on any atom is -0.304 e. The second-order valence-electron chi connectivity index (χ2n) is 3.69. The summed E-state index contributed by atoms with van der Waals surface area (Å²) >= 11 is 1.82. The predicted molar refractivity (Wildman–Crippen MR) is 51.5 cm³/mol. The van der Waals surface area contributed by atoms with Crippen LogP contribution < -0.4 is 0 Å². The van der Waals surface area contributed by atoms with Gasteiger partial charge in [-0.15, -0.1) is 11.3 Å². The van der Waals surface area contributed by atoms with Gasteiger partial charge in [-0.3, -0.25) is 0 Å². The Morgan fingerprint density at radius 1 is 1.58 bits per heavy atom. The number of nitrogens with zero attached hydrogens (tertiary/aromatic N) is 2. The molecule has 2 nitrogen and oxygen atoms in total. The molecule has 3 heteroatoms. The number of hydrogen-bond acceptors (Lipinski definition) is 3. The fourth-order valence-corrected chi connectivity index (χ4v) is 2.22. The van der Waals surface area contributed by atoms with Crippen LogP contribution >= 0.6 is 11.3 Å². The van der Waals surface area contributed by atoms with Crippen molar-refractivity contribution in [2.24, 2.45) is 0 Å². The maximum Gasteiger partial charge on any atom is 0.0959 e. The second-order valence-corrected chi connectivity index (χ2v) is 4.58. The Hall–Kier alpha value is -0.410. The van der Waals surface area contributed by atoms with Gasteiger partial charge in [0.1, 0.15) is 0 Å². The first-order valence-corrected chi connectivity index (χ1v) is 5.22. The molecule has 0 radical (unpaired) electrons.